The Morgan fingerprint density at radius 2 is 2.06 bits per heavy atom. The van der Waals surface area contributed by atoms with Gasteiger partial charge in [0.15, 0.2) is 0 Å². The van der Waals surface area contributed by atoms with Gasteiger partial charge in [-0.15, -0.1) is 0 Å². The van der Waals surface area contributed by atoms with Crippen molar-refractivity contribution in [3.63, 3.8) is 0 Å². The fourth-order valence-electron chi connectivity index (χ4n) is 3.32. The molecule has 1 aromatic carbocycles. The van der Waals surface area contributed by atoms with E-state index in [4.69, 9.17) is 10.00 Å². The Kier molecular flexibility index (Phi) is 5.49. The van der Waals surface area contributed by atoms with Gasteiger partial charge in [0.05, 0.1) is 35.7 Å². The van der Waals surface area contributed by atoms with Crippen molar-refractivity contribution in [3.05, 3.63) is 53.9 Å². The monoisotopic (exact) mass is 418 g/mol. The van der Waals surface area contributed by atoms with Crippen LogP contribution >= 0.6 is 0 Å². The second-order valence-corrected chi connectivity index (χ2v) is 7.25. The fraction of sp³-hybridized carbons (Fsp3) is 0.333. The van der Waals surface area contributed by atoms with Crippen LogP contribution in [0.15, 0.2) is 36.8 Å². The third-order valence-electron chi connectivity index (χ3n) is 5.07. The van der Waals surface area contributed by atoms with Crippen LogP contribution in [0.1, 0.15) is 43.4 Å². The Hall–Kier alpha value is -4.00. The number of hydrogen-bond acceptors (Lipinski definition) is 8. The Labute approximate surface area is 179 Å². The molecule has 2 aromatic heterocycles. The summed E-state index contributed by atoms with van der Waals surface area (Å²) < 4.78 is 7.03. The number of ether oxygens (including phenoxy) is 1. The van der Waals surface area contributed by atoms with E-state index in [0.717, 1.165) is 17.8 Å². The lowest BCUT2D eigenvalue weighted by Gasteiger charge is -2.19. The van der Waals surface area contributed by atoms with Crippen molar-refractivity contribution in [1.82, 2.24) is 24.5 Å². The topological polar surface area (TPSA) is 122 Å². The summed E-state index contributed by atoms with van der Waals surface area (Å²) in [6.07, 6.45) is 3.91. The van der Waals surface area contributed by atoms with Crippen molar-refractivity contribution in [2.75, 3.05) is 16.8 Å². The van der Waals surface area contributed by atoms with E-state index < -0.39 is 6.09 Å². The van der Waals surface area contributed by atoms with E-state index in [-0.39, 0.29) is 18.0 Å². The molecule has 0 unspecified atom stereocenters. The largest absolute Gasteiger partial charge is 0.447 e. The zero-order chi connectivity index (χ0) is 22.0. The predicted octanol–water partition coefficient (Wildman–Crippen LogP) is 3.15. The first-order valence-corrected chi connectivity index (χ1v) is 9.98. The summed E-state index contributed by atoms with van der Waals surface area (Å²) in [6, 6.07) is 9.07. The molecule has 2 atom stereocenters. The number of cyclic esters (lactones) is 1. The molecule has 1 fully saturated rings. The van der Waals surface area contributed by atoms with Crippen LogP contribution in [0, 0.1) is 18.3 Å². The van der Waals surface area contributed by atoms with Crippen molar-refractivity contribution < 1.29 is 9.53 Å². The van der Waals surface area contributed by atoms with Crippen molar-refractivity contribution in [2.45, 2.75) is 39.3 Å². The second kappa shape index (κ2) is 8.39. The first kappa shape index (κ1) is 20.3. The minimum Gasteiger partial charge on any atom is -0.447 e. The maximum absolute atomic E-state index is 12.1. The summed E-state index contributed by atoms with van der Waals surface area (Å²) in [6.45, 7) is 6.01. The highest BCUT2D eigenvalue weighted by Crippen LogP contribution is 2.24. The number of amides is 1. The first-order chi connectivity index (χ1) is 15.0. The van der Waals surface area contributed by atoms with Gasteiger partial charge in [0.2, 0.25) is 11.9 Å². The lowest BCUT2D eigenvalue weighted by molar-refractivity contribution is 0.178. The molecule has 0 saturated carbocycles. The number of nitrogens with zero attached hydrogens (tertiary/aromatic N) is 7. The Morgan fingerprint density at radius 1 is 1.29 bits per heavy atom. The fourth-order valence-corrected chi connectivity index (χ4v) is 3.32. The lowest BCUT2D eigenvalue weighted by Crippen LogP contribution is -2.34. The van der Waals surface area contributed by atoms with Gasteiger partial charge in [0.1, 0.15) is 12.4 Å². The maximum atomic E-state index is 12.1. The van der Waals surface area contributed by atoms with Crippen LogP contribution in [0.25, 0.3) is 5.69 Å². The minimum atomic E-state index is -0.447. The Balaban J connectivity index is 1.53. The number of carbonyl (C=O) groups excluding carboxylic acids is 1. The van der Waals surface area contributed by atoms with Gasteiger partial charge < -0.3 is 14.6 Å². The molecule has 0 radical (unpaired) electrons. The van der Waals surface area contributed by atoms with Crippen molar-refractivity contribution in [3.8, 4) is 11.8 Å². The average Bonchev–Trinajstić information content (AvgIpc) is 3.40. The van der Waals surface area contributed by atoms with Gasteiger partial charge in [-0.25, -0.2) is 14.7 Å². The highest BCUT2D eigenvalue weighted by atomic mass is 16.6. The zero-order valence-electron chi connectivity index (χ0n) is 17.5. The number of imidazole rings is 1. The van der Waals surface area contributed by atoms with Crippen LogP contribution in [-0.2, 0) is 4.74 Å². The number of rotatable bonds is 6. The molecule has 0 bridgehead atoms. The van der Waals surface area contributed by atoms with Crippen molar-refractivity contribution >= 4 is 18.0 Å². The summed E-state index contributed by atoms with van der Waals surface area (Å²) in [5.41, 5.74) is 2.30. The van der Waals surface area contributed by atoms with Gasteiger partial charge in [0.25, 0.3) is 0 Å². The molecule has 158 valence electrons. The molecule has 4 rings (SSSR count). The van der Waals surface area contributed by atoms with Crippen molar-refractivity contribution in [1.29, 1.82) is 5.26 Å². The molecule has 1 saturated heterocycles. The molecule has 0 aliphatic carbocycles. The predicted molar refractivity (Wildman–Crippen MR) is 113 cm³/mol. The molecule has 3 heterocycles. The number of carbonyl (C=O) groups is 1. The summed E-state index contributed by atoms with van der Waals surface area (Å²) >= 11 is 0. The lowest BCUT2D eigenvalue weighted by atomic mass is 10.2. The van der Waals surface area contributed by atoms with E-state index in [2.05, 4.69) is 31.3 Å². The molecule has 1 aliphatic rings. The molecule has 10 heteroatoms. The van der Waals surface area contributed by atoms with Gasteiger partial charge in [-0.1, -0.05) is 6.92 Å². The van der Waals surface area contributed by atoms with Crippen LogP contribution < -0.4 is 10.2 Å². The molecule has 0 spiro atoms. The first-order valence-electron chi connectivity index (χ1n) is 9.98. The zero-order valence-corrected chi connectivity index (χ0v) is 17.5. The number of benzene rings is 1. The maximum Gasteiger partial charge on any atom is 0.417 e. The summed E-state index contributed by atoms with van der Waals surface area (Å²) in [4.78, 5) is 31.2. The number of anilines is 2. The van der Waals surface area contributed by atoms with Crippen LogP contribution in [0.4, 0.5) is 16.7 Å². The van der Waals surface area contributed by atoms with E-state index in [1.54, 1.807) is 25.4 Å². The highest BCUT2D eigenvalue weighted by Gasteiger charge is 2.35. The quantitative estimate of drug-likeness (QED) is 0.648. The van der Waals surface area contributed by atoms with Crippen LogP contribution in [0.3, 0.4) is 0 Å². The second-order valence-electron chi connectivity index (χ2n) is 7.25. The van der Waals surface area contributed by atoms with Crippen LogP contribution in [0.5, 0.6) is 0 Å². The number of aromatic nitrogens is 5. The average molecular weight is 418 g/mol. The number of aryl methyl sites for hydroxylation is 1. The summed E-state index contributed by atoms with van der Waals surface area (Å²) in [7, 11) is 0. The van der Waals surface area contributed by atoms with E-state index in [0.29, 0.717) is 23.9 Å². The summed E-state index contributed by atoms with van der Waals surface area (Å²) in [5.74, 6) is 1.13. The molecule has 1 N–H and O–H groups in total. The molecule has 10 nitrogen and oxygen atoms in total. The summed E-state index contributed by atoms with van der Waals surface area (Å²) in [5, 5.41) is 12.2. The van der Waals surface area contributed by atoms with Gasteiger partial charge in [-0.05, 0) is 44.5 Å². The highest BCUT2D eigenvalue weighted by molar-refractivity contribution is 5.88. The molecule has 1 aliphatic heterocycles. The minimum absolute atomic E-state index is 0.0947. The SMILES string of the molecule is CC[C@H]1COC(=O)N1c1nc(C)nc(N[C@@H](C)c2cn(-c3ccc(C#N)cc3)cn2)n1. The molecule has 3 aromatic rings. The van der Waals surface area contributed by atoms with Gasteiger partial charge in [-0.3, -0.25) is 0 Å². The van der Waals surface area contributed by atoms with Gasteiger partial charge >= 0.3 is 6.09 Å². The van der Waals surface area contributed by atoms with E-state index >= 15 is 0 Å². The standard InChI is InChI=1S/C21H22N8O2/c1-4-16-11-31-21(30)29(16)20-26-14(3)25-19(27-20)24-13(2)18-10-28(12-23-18)17-7-5-15(9-22)6-8-17/h5-8,10,12-13,16H,4,11H2,1-3H3,(H,24,25,26,27)/t13-,16-/m0/s1. The third kappa shape index (κ3) is 4.16. The van der Waals surface area contributed by atoms with E-state index in [1.165, 1.54) is 4.90 Å². The van der Waals surface area contributed by atoms with Gasteiger partial charge in [0, 0.05) is 11.9 Å². The van der Waals surface area contributed by atoms with E-state index in [1.807, 2.05) is 36.7 Å². The number of hydrogen-bond donors (Lipinski definition) is 1. The Morgan fingerprint density at radius 3 is 2.77 bits per heavy atom. The third-order valence-corrected chi connectivity index (χ3v) is 5.07. The molecule has 31 heavy (non-hydrogen) atoms. The number of nitrogens with one attached hydrogen (secondary N) is 1. The van der Waals surface area contributed by atoms with Crippen LogP contribution in [-0.4, -0.2) is 43.2 Å². The smallest absolute Gasteiger partial charge is 0.417 e. The number of nitriles is 1. The van der Waals surface area contributed by atoms with Crippen LogP contribution in [0.2, 0.25) is 0 Å². The van der Waals surface area contributed by atoms with E-state index in [9.17, 15) is 4.79 Å². The molecular weight excluding hydrogens is 396 g/mol. The van der Waals surface area contributed by atoms with Crippen molar-refractivity contribution in [2.24, 2.45) is 0 Å². The molecular formula is C21H22N8O2. The van der Waals surface area contributed by atoms with Gasteiger partial charge in [-0.2, -0.15) is 20.2 Å². The normalized spacial score (nSPS) is 16.6. The molecule has 1 amide bonds. The Bertz CT molecular complexity index is 1140.